The summed E-state index contributed by atoms with van der Waals surface area (Å²) in [6, 6.07) is 8.04. The number of aliphatic hydroxyl groups excluding tert-OH is 1. The number of aliphatic hydroxyl groups is 1. The summed E-state index contributed by atoms with van der Waals surface area (Å²) >= 11 is 3.27. The van der Waals surface area contributed by atoms with E-state index < -0.39 is 0 Å². The fraction of sp³-hybridized carbons (Fsp3) is 0.467. The Bertz CT molecular complexity index is 567. The van der Waals surface area contributed by atoms with Crippen LogP contribution in [0.5, 0.6) is 0 Å². The number of hydrogen-bond acceptors (Lipinski definition) is 5. The third kappa shape index (κ3) is 4.69. The van der Waals surface area contributed by atoms with Gasteiger partial charge in [0.25, 0.3) is 0 Å². The number of nitrogens with zero attached hydrogens (tertiary/aromatic N) is 1. The minimum atomic E-state index is -0.00468. The van der Waals surface area contributed by atoms with Crippen LogP contribution >= 0.6 is 23.1 Å². The van der Waals surface area contributed by atoms with Crippen molar-refractivity contribution in [2.24, 2.45) is 5.92 Å². The molecular formula is C15H20N2O2S2. The van der Waals surface area contributed by atoms with Crippen molar-refractivity contribution in [3.05, 3.63) is 24.3 Å². The van der Waals surface area contributed by atoms with Gasteiger partial charge < -0.3 is 10.4 Å². The van der Waals surface area contributed by atoms with Crippen LogP contribution in [0.2, 0.25) is 0 Å². The third-order valence-electron chi connectivity index (χ3n) is 3.36. The zero-order valence-electron chi connectivity index (χ0n) is 12.2. The van der Waals surface area contributed by atoms with Gasteiger partial charge in [0.15, 0.2) is 4.34 Å². The largest absolute Gasteiger partial charge is 0.396 e. The minimum Gasteiger partial charge on any atom is -0.396 e. The average Bonchev–Trinajstić information content (AvgIpc) is 2.88. The van der Waals surface area contributed by atoms with Crippen molar-refractivity contribution in [2.75, 3.05) is 12.4 Å². The molecule has 2 aromatic rings. The molecule has 2 rings (SSSR count). The summed E-state index contributed by atoms with van der Waals surface area (Å²) < 4.78 is 2.18. The fourth-order valence-corrected chi connectivity index (χ4v) is 3.85. The molecule has 1 heterocycles. The average molecular weight is 324 g/mol. The van der Waals surface area contributed by atoms with Crippen LogP contribution in [0, 0.1) is 5.92 Å². The molecule has 2 atom stereocenters. The van der Waals surface area contributed by atoms with Crippen LogP contribution in [0.15, 0.2) is 28.6 Å². The van der Waals surface area contributed by atoms with Crippen molar-refractivity contribution < 1.29 is 9.90 Å². The van der Waals surface area contributed by atoms with Gasteiger partial charge >= 0.3 is 0 Å². The van der Waals surface area contributed by atoms with Gasteiger partial charge in [-0.1, -0.05) is 30.8 Å². The standard InChI is InChI=1S/C15H20N2O2S2/c1-10(9-18)11(2)16-14(19)7-8-20-15-17-12-5-3-4-6-13(12)21-15/h3-6,10-11,18H,7-9H2,1-2H3,(H,16,19). The highest BCUT2D eigenvalue weighted by Crippen LogP contribution is 2.29. The molecule has 4 nitrogen and oxygen atoms in total. The molecule has 0 aliphatic carbocycles. The van der Waals surface area contributed by atoms with Crippen molar-refractivity contribution in [1.82, 2.24) is 10.3 Å². The van der Waals surface area contributed by atoms with Crippen LogP contribution in [0.3, 0.4) is 0 Å². The summed E-state index contributed by atoms with van der Waals surface area (Å²) in [6.45, 7) is 3.92. The molecule has 0 bridgehead atoms. The summed E-state index contributed by atoms with van der Waals surface area (Å²) in [5, 5.41) is 12.0. The molecular weight excluding hydrogens is 304 g/mol. The highest BCUT2D eigenvalue weighted by molar-refractivity contribution is 8.01. The van der Waals surface area contributed by atoms with Crippen LogP contribution in [0.25, 0.3) is 10.2 Å². The molecule has 114 valence electrons. The van der Waals surface area contributed by atoms with Gasteiger partial charge in [-0.15, -0.1) is 11.3 Å². The number of carbonyl (C=O) groups excluding carboxylic acids is 1. The zero-order chi connectivity index (χ0) is 15.2. The highest BCUT2D eigenvalue weighted by Gasteiger charge is 2.14. The van der Waals surface area contributed by atoms with Gasteiger partial charge in [0.2, 0.25) is 5.91 Å². The van der Waals surface area contributed by atoms with E-state index >= 15 is 0 Å². The van der Waals surface area contributed by atoms with Crippen molar-refractivity contribution >= 4 is 39.2 Å². The number of rotatable bonds is 7. The first kappa shape index (κ1) is 16.3. The van der Waals surface area contributed by atoms with Gasteiger partial charge in [-0.2, -0.15) is 0 Å². The number of carbonyl (C=O) groups is 1. The van der Waals surface area contributed by atoms with Crippen molar-refractivity contribution in [3.8, 4) is 0 Å². The van der Waals surface area contributed by atoms with E-state index in [1.165, 1.54) is 4.70 Å². The van der Waals surface area contributed by atoms with E-state index in [9.17, 15) is 4.79 Å². The quantitative estimate of drug-likeness (QED) is 0.769. The number of amides is 1. The van der Waals surface area contributed by atoms with Gasteiger partial charge in [-0.3, -0.25) is 4.79 Å². The van der Waals surface area contributed by atoms with Crippen LogP contribution < -0.4 is 5.32 Å². The Kier molecular flexibility index (Phi) is 6.02. The second-order valence-corrected chi connectivity index (χ2v) is 7.43. The van der Waals surface area contributed by atoms with Crippen LogP contribution in [-0.2, 0) is 4.79 Å². The number of aromatic nitrogens is 1. The normalized spacial score (nSPS) is 14.0. The van der Waals surface area contributed by atoms with Crippen molar-refractivity contribution in [2.45, 2.75) is 30.6 Å². The molecule has 6 heteroatoms. The molecule has 0 aliphatic heterocycles. The lowest BCUT2D eigenvalue weighted by Crippen LogP contribution is -2.38. The van der Waals surface area contributed by atoms with Crippen LogP contribution in [0.4, 0.5) is 0 Å². The maximum atomic E-state index is 11.8. The smallest absolute Gasteiger partial charge is 0.221 e. The number of nitrogens with one attached hydrogen (secondary N) is 1. The van der Waals surface area contributed by atoms with Gasteiger partial charge in [-0.25, -0.2) is 4.98 Å². The summed E-state index contributed by atoms with van der Waals surface area (Å²) in [7, 11) is 0. The molecule has 1 aromatic carbocycles. The predicted molar refractivity (Wildman–Crippen MR) is 88.8 cm³/mol. The molecule has 1 aromatic heterocycles. The lowest BCUT2D eigenvalue weighted by Gasteiger charge is -2.19. The molecule has 0 aliphatic rings. The molecule has 2 N–H and O–H groups in total. The van der Waals surface area contributed by atoms with E-state index in [1.807, 2.05) is 32.0 Å². The topological polar surface area (TPSA) is 62.2 Å². The van der Waals surface area contributed by atoms with E-state index in [-0.39, 0.29) is 24.5 Å². The van der Waals surface area contributed by atoms with Crippen LogP contribution in [-0.4, -0.2) is 34.4 Å². The number of fused-ring (bicyclic) bond motifs is 1. The maximum absolute atomic E-state index is 11.8. The third-order valence-corrected chi connectivity index (χ3v) is 5.54. The zero-order valence-corrected chi connectivity index (χ0v) is 13.8. The van der Waals surface area contributed by atoms with E-state index in [0.29, 0.717) is 12.2 Å². The highest BCUT2D eigenvalue weighted by atomic mass is 32.2. The second-order valence-electron chi connectivity index (χ2n) is 5.06. The monoisotopic (exact) mass is 324 g/mol. The number of hydrogen-bond donors (Lipinski definition) is 2. The molecule has 0 spiro atoms. The van der Waals surface area contributed by atoms with Gasteiger partial charge in [0.05, 0.1) is 10.2 Å². The van der Waals surface area contributed by atoms with E-state index in [2.05, 4.69) is 16.4 Å². The second kappa shape index (κ2) is 7.77. The van der Waals surface area contributed by atoms with Gasteiger partial charge in [0, 0.05) is 24.8 Å². The van der Waals surface area contributed by atoms with Crippen LogP contribution in [0.1, 0.15) is 20.3 Å². The van der Waals surface area contributed by atoms with Crippen molar-refractivity contribution in [1.29, 1.82) is 0 Å². The molecule has 0 fully saturated rings. The van der Waals surface area contributed by atoms with E-state index in [0.717, 1.165) is 9.86 Å². The van der Waals surface area contributed by atoms with E-state index in [1.54, 1.807) is 23.1 Å². The molecule has 0 radical (unpaired) electrons. The predicted octanol–water partition coefficient (Wildman–Crippen LogP) is 2.91. The first-order valence-electron chi connectivity index (χ1n) is 6.98. The Labute approximate surface area is 133 Å². The van der Waals surface area contributed by atoms with Gasteiger partial charge in [0.1, 0.15) is 0 Å². The van der Waals surface area contributed by atoms with Crippen molar-refractivity contribution in [3.63, 3.8) is 0 Å². The lowest BCUT2D eigenvalue weighted by molar-refractivity contribution is -0.121. The molecule has 21 heavy (non-hydrogen) atoms. The first-order chi connectivity index (χ1) is 10.1. The summed E-state index contributed by atoms with van der Waals surface area (Å²) in [6.07, 6.45) is 0.461. The van der Waals surface area contributed by atoms with Gasteiger partial charge in [-0.05, 0) is 25.0 Å². The molecule has 0 saturated heterocycles. The summed E-state index contributed by atoms with van der Waals surface area (Å²) in [4.78, 5) is 16.3. The Morgan fingerprint density at radius 3 is 2.90 bits per heavy atom. The number of thiazole rings is 1. The number of benzene rings is 1. The minimum absolute atomic E-state index is 0.00468. The number of thioether (sulfide) groups is 1. The SMILES string of the molecule is CC(CO)C(C)NC(=O)CCSc1nc2ccccc2s1. The Morgan fingerprint density at radius 1 is 1.43 bits per heavy atom. The Hall–Kier alpha value is -1.11. The Morgan fingerprint density at radius 2 is 2.19 bits per heavy atom. The summed E-state index contributed by atoms with van der Waals surface area (Å²) in [5.41, 5.74) is 1.01. The van der Waals surface area contributed by atoms with E-state index in [4.69, 9.17) is 5.11 Å². The lowest BCUT2D eigenvalue weighted by atomic mass is 10.1. The molecule has 0 saturated carbocycles. The first-order valence-corrected chi connectivity index (χ1v) is 8.79. The molecule has 2 unspecified atom stereocenters. The number of para-hydroxylation sites is 1. The Balaban J connectivity index is 1.77. The maximum Gasteiger partial charge on any atom is 0.221 e. The fourth-order valence-electron chi connectivity index (χ4n) is 1.77. The molecule has 1 amide bonds. The summed E-state index contributed by atoms with van der Waals surface area (Å²) in [5.74, 6) is 0.813.